The summed E-state index contributed by atoms with van der Waals surface area (Å²) in [6, 6.07) is 10.8. The molecule has 1 aliphatic heterocycles. The van der Waals surface area contributed by atoms with Gasteiger partial charge < -0.3 is 10.6 Å². The number of hydrogen-bond acceptors (Lipinski definition) is 6. The van der Waals surface area contributed by atoms with Crippen molar-refractivity contribution in [1.82, 2.24) is 24.6 Å². The first kappa shape index (κ1) is 22.5. The van der Waals surface area contributed by atoms with Crippen molar-refractivity contribution < 1.29 is 8.78 Å². The van der Waals surface area contributed by atoms with E-state index in [1.54, 1.807) is 18.2 Å². The van der Waals surface area contributed by atoms with E-state index in [0.29, 0.717) is 45.8 Å². The van der Waals surface area contributed by atoms with Crippen LogP contribution in [0.3, 0.4) is 0 Å². The van der Waals surface area contributed by atoms with Crippen LogP contribution >= 0.6 is 11.6 Å². The minimum absolute atomic E-state index is 0.0131. The summed E-state index contributed by atoms with van der Waals surface area (Å²) in [5, 5.41) is 5.12. The van der Waals surface area contributed by atoms with Crippen LogP contribution in [-0.2, 0) is 0 Å². The van der Waals surface area contributed by atoms with Crippen molar-refractivity contribution >= 4 is 34.4 Å². The summed E-state index contributed by atoms with van der Waals surface area (Å²) in [6.45, 7) is 7.67. The summed E-state index contributed by atoms with van der Waals surface area (Å²) in [7, 11) is 0. The maximum absolute atomic E-state index is 13.9. The number of fused-ring (bicyclic) bond motifs is 1. The molecule has 4 aromatic rings. The normalized spacial score (nSPS) is 14.9. The van der Waals surface area contributed by atoms with Gasteiger partial charge in [0, 0.05) is 37.8 Å². The van der Waals surface area contributed by atoms with Crippen molar-refractivity contribution in [1.29, 1.82) is 0 Å². The molecule has 0 aliphatic carbocycles. The molecule has 0 spiro atoms. The molecule has 1 saturated heterocycles. The van der Waals surface area contributed by atoms with E-state index in [4.69, 9.17) is 27.3 Å². The van der Waals surface area contributed by atoms with Crippen LogP contribution in [0, 0.1) is 11.6 Å². The Balaban J connectivity index is 1.66. The van der Waals surface area contributed by atoms with Crippen molar-refractivity contribution in [3.05, 3.63) is 59.1 Å². The van der Waals surface area contributed by atoms with Crippen molar-refractivity contribution in [3.8, 4) is 16.9 Å². The average Bonchev–Trinajstić information content (AvgIpc) is 3.17. The van der Waals surface area contributed by atoms with E-state index in [9.17, 15) is 8.78 Å². The van der Waals surface area contributed by atoms with E-state index in [1.807, 2.05) is 0 Å². The van der Waals surface area contributed by atoms with Gasteiger partial charge in [0.1, 0.15) is 17.5 Å². The van der Waals surface area contributed by atoms with Gasteiger partial charge in [-0.1, -0.05) is 11.6 Å². The molecule has 1 aliphatic rings. The quantitative estimate of drug-likeness (QED) is 0.459. The number of aromatic nitrogens is 4. The highest BCUT2D eigenvalue weighted by Crippen LogP contribution is 2.35. The lowest BCUT2D eigenvalue weighted by molar-refractivity contribution is 0.208. The number of nitrogen functional groups attached to an aromatic ring is 1. The van der Waals surface area contributed by atoms with E-state index in [2.05, 4.69) is 28.7 Å². The highest BCUT2D eigenvalue weighted by molar-refractivity contribution is 6.31. The molecule has 0 amide bonds. The summed E-state index contributed by atoms with van der Waals surface area (Å²) in [5.41, 5.74) is 8.60. The Hall–Kier alpha value is -3.30. The molecular formula is C24H24ClF2N7. The van der Waals surface area contributed by atoms with Crippen LogP contribution in [0.2, 0.25) is 5.02 Å². The number of benzene rings is 2. The van der Waals surface area contributed by atoms with Gasteiger partial charge in [-0.2, -0.15) is 4.98 Å². The Morgan fingerprint density at radius 1 is 0.971 bits per heavy atom. The van der Waals surface area contributed by atoms with Gasteiger partial charge in [-0.25, -0.2) is 18.4 Å². The third-order valence-electron chi connectivity index (χ3n) is 6.15. The third kappa shape index (κ3) is 4.05. The second-order valence-electron chi connectivity index (χ2n) is 8.59. The van der Waals surface area contributed by atoms with Crippen LogP contribution in [0.25, 0.3) is 28.0 Å². The Bertz CT molecular complexity index is 1350. The van der Waals surface area contributed by atoms with Gasteiger partial charge in [0.15, 0.2) is 5.65 Å². The zero-order valence-electron chi connectivity index (χ0n) is 18.8. The molecule has 10 heteroatoms. The predicted octanol–water partition coefficient (Wildman–Crippen LogP) is 4.53. The molecule has 0 unspecified atom stereocenters. The number of halogens is 3. The molecule has 2 N–H and O–H groups in total. The third-order valence-corrected chi connectivity index (χ3v) is 6.44. The largest absolute Gasteiger partial charge is 0.383 e. The van der Waals surface area contributed by atoms with Gasteiger partial charge in [0.25, 0.3) is 0 Å². The smallest absolute Gasteiger partial charge is 0.228 e. The van der Waals surface area contributed by atoms with Crippen molar-refractivity contribution in [2.75, 3.05) is 36.8 Å². The Morgan fingerprint density at radius 2 is 1.68 bits per heavy atom. The summed E-state index contributed by atoms with van der Waals surface area (Å²) in [5.74, 6) is -0.0534. The van der Waals surface area contributed by atoms with Gasteiger partial charge in [0.05, 0.1) is 21.8 Å². The van der Waals surface area contributed by atoms with Crippen LogP contribution in [0.1, 0.15) is 13.8 Å². The van der Waals surface area contributed by atoms with E-state index in [1.165, 1.54) is 28.9 Å². The lowest BCUT2D eigenvalue weighted by atomic mass is 10.1. The van der Waals surface area contributed by atoms with Crippen molar-refractivity contribution in [2.45, 2.75) is 19.9 Å². The molecule has 0 saturated carbocycles. The Morgan fingerprint density at radius 3 is 2.32 bits per heavy atom. The molecule has 1 fully saturated rings. The van der Waals surface area contributed by atoms with Crippen LogP contribution < -0.4 is 10.6 Å². The van der Waals surface area contributed by atoms with E-state index in [0.717, 1.165) is 26.2 Å². The van der Waals surface area contributed by atoms with E-state index >= 15 is 0 Å². The summed E-state index contributed by atoms with van der Waals surface area (Å²) in [6.07, 6.45) is 0. The first-order valence-corrected chi connectivity index (χ1v) is 11.5. The molecule has 0 bridgehead atoms. The number of anilines is 2. The van der Waals surface area contributed by atoms with E-state index < -0.39 is 5.82 Å². The molecule has 0 atom stereocenters. The fraction of sp³-hybridized carbons (Fsp3) is 0.292. The second-order valence-corrected chi connectivity index (χ2v) is 9.00. The molecular weight excluding hydrogens is 460 g/mol. The summed E-state index contributed by atoms with van der Waals surface area (Å²) in [4.78, 5) is 14.1. The average molecular weight is 484 g/mol. The molecule has 176 valence electrons. The molecule has 7 nitrogen and oxygen atoms in total. The highest BCUT2D eigenvalue weighted by Gasteiger charge is 2.25. The number of piperazine rings is 1. The fourth-order valence-electron chi connectivity index (χ4n) is 4.21. The SMILES string of the molecule is CC(C)N1CCN(c2nc(-c3ccc(F)c(Cl)c3)c3c(N)n(-c4ccc(F)cc4)nc3n2)CC1. The summed E-state index contributed by atoms with van der Waals surface area (Å²) >= 11 is 6.08. The number of rotatable bonds is 4. The Kier molecular flexibility index (Phi) is 5.83. The fourth-order valence-corrected chi connectivity index (χ4v) is 4.39. The van der Waals surface area contributed by atoms with E-state index in [-0.39, 0.29) is 10.8 Å². The maximum Gasteiger partial charge on any atom is 0.228 e. The van der Waals surface area contributed by atoms with Gasteiger partial charge in [-0.05, 0) is 56.3 Å². The van der Waals surface area contributed by atoms with Crippen LogP contribution in [-0.4, -0.2) is 56.9 Å². The zero-order chi connectivity index (χ0) is 24.0. The molecule has 2 aromatic carbocycles. The monoisotopic (exact) mass is 483 g/mol. The predicted molar refractivity (Wildman–Crippen MR) is 130 cm³/mol. The van der Waals surface area contributed by atoms with Crippen molar-refractivity contribution in [2.24, 2.45) is 0 Å². The van der Waals surface area contributed by atoms with Crippen LogP contribution in [0.5, 0.6) is 0 Å². The van der Waals surface area contributed by atoms with Gasteiger partial charge in [-0.3, -0.25) is 4.90 Å². The lowest BCUT2D eigenvalue weighted by Crippen LogP contribution is -2.49. The molecule has 2 aromatic heterocycles. The molecule has 34 heavy (non-hydrogen) atoms. The zero-order valence-corrected chi connectivity index (χ0v) is 19.6. The molecule has 0 radical (unpaired) electrons. The number of hydrogen-bond donors (Lipinski definition) is 1. The lowest BCUT2D eigenvalue weighted by Gasteiger charge is -2.36. The molecule has 5 rings (SSSR count). The van der Waals surface area contributed by atoms with Crippen LogP contribution in [0.15, 0.2) is 42.5 Å². The summed E-state index contributed by atoms with van der Waals surface area (Å²) < 4.78 is 28.9. The minimum Gasteiger partial charge on any atom is -0.383 e. The van der Waals surface area contributed by atoms with Crippen molar-refractivity contribution in [3.63, 3.8) is 0 Å². The topological polar surface area (TPSA) is 76.1 Å². The second kappa shape index (κ2) is 8.81. The first-order valence-electron chi connectivity index (χ1n) is 11.1. The van der Waals surface area contributed by atoms with Gasteiger partial charge >= 0.3 is 0 Å². The molecule has 3 heterocycles. The highest BCUT2D eigenvalue weighted by atomic mass is 35.5. The van der Waals surface area contributed by atoms with Gasteiger partial charge in [-0.15, -0.1) is 5.10 Å². The van der Waals surface area contributed by atoms with Gasteiger partial charge in [0.2, 0.25) is 5.95 Å². The van der Waals surface area contributed by atoms with Crippen LogP contribution in [0.4, 0.5) is 20.5 Å². The first-order chi connectivity index (χ1) is 16.3. The standard InChI is InChI=1S/C24H24ClF2N7/c1-14(2)32-9-11-33(12-10-32)24-29-21(15-3-8-19(27)18(25)13-15)20-22(28)34(31-23(20)30-24)17-6-4-16(26)5-7-17/h3-8,13-14H,9-12,28H2,1-2H3. The minimum atomic E-state index is -0.518. The Labute approximate surface area is 200 Å². The number of nitrogens with zero attached hydrogens (tertiary/aromatic N) is 6. The maximum atomic E-state index is 13.9. The number of nitrogens with two attached hydrogens (primary N) is 1.